The number of rotatable bonds is 4. The Kier molecular flexibility index (Phi) is 4.34. The summed E-state index contributed by atoms with van der Waals surface area (Å²) in [5.74, 6) is 1.56. The van der Waals surface area contributed by atoms with Crippen molar-refractivity contribution in [2.24, 2.45) is 0 Å². The fraction of sp³-hybridized carbons (Fsp3) is 0.286. The van der Waals surface area contributed by atoms with Crippen LogP contribution in [0.25, 0.3) is 26.4 Å². The van der Waals surface area contributed by atoms with Gasteiger partial charge in [0, 0.05) is 11.1 Å². The highest BCUT2D eigenvalue weighted by Crippen LogP contribution is 2.43. The summed E-state index contributed by atoms with van der Waals surface area (Å²) in [7, 11) is 3.04. The van der Waals surface area contributed by atoms with Crippen molar-refractivity contribution >= 4 is 32.3 Å². The maximum absolute atomic E-state index is 10.3. The summed E-state index contributed by atoms with van der Waals surface area (Å²) in [6.07, 6.45) is 0. The number of aromatic nitrogens is 2. The van der Waals surface area contributed by atoms with E-state index >= 15 is 0 Å². The number of para-hydroxylation sites is 1. The summed E-state index contributed by atoms with van der Waals surface area (Å²) in [5, 5.41) is 13.9. The largest absolute Gasteiger partial charge is 0.502 e. The lowest BCUT2D eigenvalue weighted by Gasteiger charge is -2.22. The fourth-order valence-electron chi connectivity index (χ4n) is 3.22. The second-order valence-electron chi connectivity index (χ2n) is 7.60. The van der Waals surface area contributed by atoms with Gasteiger partial charge in [-0.3, -0.25) is 4.40 Å². The Morgan fingerprint density at radius 2 is 1.71 bits per heavy atom. The van der Waals surface area contributed by atoms with Crippen molar-refractivity contribution < 1.29 is 14.6 Å². The number of hydrogen-bond acceptors (Lipinski definition) is 6. The van der Waals surface area contributed by atoms with E-state index < -0.39 is 0 Å². The number of nitrogens with one attached hydrogen (secondary N) is 1. The van der Waals surface area contributed by atoms with E-state index in [1.54, 1.807) is 23.5 Å². The Morgan fingerprint density at radius 1 is 1.07 bits per heavy atom. The van der Waals surface area contributed by atoms with Crippen LogP contribution in [0.3, 0.4) is 0 Å². The summed E-state index contributed by atoms with van der Waals surface area (Å²) in [4.78, 5) is 5.81. The maximum Gasteiger partial charge on any atom is 0.200 e. The number of imidazole rings is 1. The van der Waals surface area contributed by atoms with Crippen molar-refractivity contribution in [3.8, 4) is 28.5 Å². The first-order valence-corrected chi connectivity index (χ1v) is 9.77. The number of methoxy groups -OCH3 is 2. The van der Waals surface area contributed by atoms with Gasteiger partial charge in [-0.2, -0.15) is 0 Å². The highest BCUT2D eigenvalue weighted by molar-refractivity contribution is 7.23. The predicted octanol–water partition coefficient (Wildman–Crippen LogP) is 5.15. The first-order chi connectivity index (χ1) is 13.3. The molecule has 0 saturated carbocycles. The van der Waals surface area contributed by atoms with E-state index in [4.69, 9.17) is 14.5 Å². The van der Waals surface area contributed by atoms with Crippen molar-refractivity contribution in [1.82, 2.24) is 9.38 Å². The van der Waals surface area contributed by atoms with Crippen LogP contribution in [-0.2, 0) is 0 Å². The first kappa shape index (κ1) is 18.4. The number of anilines is 1. The summed E-state index contributed by atoms with van der Waals surface area (Å²) < 4.78 is 14.0. The Morgan fingerprint density at radius 3 is 2.32 bits per heavy atom. The molecular weight excluding hydrogens is 374 g/mol. The molecule has 146 valence electrons. The van der Waals surface area contributed by atoms with E-state index in [-0.39, 0.29) is 11.3 Å². The Labute approximate surface area is 167 Å². The summed E-state index contributed by atoms with van der Waals surface area (Å²) in [6, 6.07) is 11.8. The van der Waals surface area contributed by atoms with Crippen LogP contribution in [-0.4, -0.2) is 34.2 Å². The van der Waals surface area contributed by atoms with E-state index in [9.17, 15) is 5.11 Å². The highest BCUT2D eigenvalue weighted by atomic mass is 32.1. The van der Waals surface area contributed by atoms with E-state index in [2.05, 4.69) is 42.6 Å². The zero-order valence-electron chi connectivity index (χ0n) is 16.5. The SMILES string of the molecule is COc1cc(-c2nc3sc4ccccc4n3c2NC(C)(C)C)cc(OC)c1O. The van der Waals surface area contributed by atoms with Gasteiger partial charge in [-0.05, 0) is 45.0 Å². The number of nitrogens with zero attached hydrogens (tertiary/aromatic N) is 2. The topological polar surface area (TPSA) is 68.0 Å². The molecule has 2 aromatic carbocycles. The van der Waals surface area contributed by atoms with Crippen molar-refractivity contribution in [2.45, 2.75) is 26.3 Å². The molecule has 7 heteroatoms. The second-order valence-corrected chi connectivity index (χ2v) is 8.61. The Balaban J connectivity index is 2.03. The molecule has 2 N–H and O–H groups in total. The molecule has 0 unspecified atom stereocenters. The zero-order chi connectivity index (χ0) is 20.1. The van der Waals surface area contributed by atoms with Gasteiger partial charge in [0.1, 0.15) is 11.5 Å². The molecular formula is C21H23N3O3S. The molecule has 0 radical (unpaired) electrons. The minimum absolute atomic E-state index is 0.0226. The number of thiazole rings is 1. The lowest BCUT2D eigenvalue weighted by Crippen LogP contribution is -2.27. The molecule has 4 aromatic rings. The minimum Gasteiger partial charge on any atom is -0.502 e. The van der Waals surface area contributed by atoms with E-state index in [1.165, 1.54) is 18.9 Å². The summed E-state index contributed by atoms with van der Waals surface area (Å²) >= 11 is 1.64. The number of aromatic hydroxyl groups is 1. The van der Waals surface area contributed by atoms with Crippen LogP contribution in [0.2, 0.25) is 0 Å². The number of benzene rings is 2. The molecule has 2 aromatic heterocycles. The van der Waals surface area contributed by atoms with Crippen molar-refractivity contribution in [2.75, 3.05) is 19.5 Å². The smallest absolute Gasteiger partial charge is 0.200 e. The predicted molar refractivity (Wildman–Crippen MR) is 114 cm³/mol. The van der Waals surface area contributed by atoms with Crippen LogP contribution in [0.15, 0.2) is 36.4 Å². The van der Waals surface area contributed by atoms with Crippen molar-refractivity contribution in [1.29, 1.82) is 0 Å². The van der Waals surface area contributed by atoms with Gasteiger partial charge in [0.2, 0.25) is 5.75 Å². The van der Waals surface area contributed by atoms with Crippen molar-refractivity contribution in [3.63, 3.8) is 0 Å². The van der Waals surface area contributed by atoms with Crippen LogP contribution >= 0.6 is 11.3 Å². The number of ether oxygens (including phenoxy) is 2. The standard InChI is InChI=1S/C21H23N3O3S/c1-21(2,3)23-19-17(12-10-14(26-4)18(25)15(11-12)27-5)22-20-24(19)13-8-6-7-9-16(13)28-20/h6-11,23,25H,1-5H3. The maximum atomic E-state index is 10.3. The molecule has 0 atom stereocenters. The Hall–Kier alpha value is -2.93. The van der Waals surface area contributed by atoms with E-state index in [0.29, 0.717) is 11.5 Å². The molecule has 0 aliphatic carbocycles. The zero-order valence-corrected chi connectivity index (χ0v) is 17.3. The molecule has 4 rings (SSSR count). The van der Waals surface area contributed by atoms with E-state index in [0.717, 1.165) is 27.6 Å². The highest BCUT2D eigenvalue weighted by Gasteiger charge is 2.24. The lowest BCUT2D eigenvalue weighted by molar-refractivity contribution is 0.340. The van der Waals surface area contributed by atoms with Crippen LogP contribution in [0.4, 0.5) is 5.82 Å². The molecule has 2 heterocycles. The average molecular weight is 398 g/mol. The van der Waals surface area contributed by atoms with Gasteiger partial charge < -0.3 is 19.9 Å². The number of phenolic OH excluding ortho intramolecular Hbond substituents is 1. The number of hydrogen-bond donors (Lipinski definition) is 2. The lowest BCUT2D eigenvalue weighted by atomic mass is 10.1. The molecule has 0 amide bonds. The van der Waals surface area contributed by atoms with Gasteiger partial charge in [0.05, 0.1) is 24.4 Å². The Bertz CT molecular complexity index is 1150. The molecule has 28 heavy (non-hydrogen) atoms. The number of fused-ring (bicyclic) bond motifs is 3. The van der Waals surface area contributed by atoms with Gasteiger partial charge in [0.25, 0.3) is 0 Å². The van der Waals surface area contributed by atoms with Crippen molar-refractivity contribution in [3.05, 3.63) is 36.4 Å². The summed E-state index contributed by atoms with van der Waals surface area (Å²) in [5.41, 5.74) is 2.52. The van der Waals surface area contributed by atoms with Gasteiger partial charge >= 0.3 is 0 Å². The molecule has 0 aliphatic heterocycles. The first-order valence-electron chi connectivity index (χ1n) is 8.96. The monoisotopic (exact) mass is 397 g/mol. The molecule has 0 aliphatic rings. The molecule has 0 spiro atoms. The van der Waals surface area contributed by atoms with Crippen LogP contribution in [0.5, 0.6) is 17.2 Å². The van der Waals surface area contributed by atoms with E-state index in [1.807, 2.05) is 12.1 Å². The third-order valence-corrected chi connectivity index (χ3v) is 5.42. The van der Waals surface area contributed by atoms with Gasteiger partial charge in [-0.1, -0.05) is 23.5 Å². The van der Waals surface area contributed by atoms with Crippen LogP contribution in [0.1, 0.15) is 20.8 Å². The molecule has 0 fully saturated rings. The molecule has 6 nitrogen and oxygen atoms in total. The summed E-state index contributed by atoms with van der Waals surface area (Å²) in [6.45, 7) is 6.34. The quantitative estimate of drug-likeness (QED) is 0.498. The second kappa shape index (κ2) is 6.60. The minimum atomic E-state index is -0.168. The van der Waals surface area contributed by atoms with Crippen LogP contribution < -0.4 is 14.8 Å². The van der Waals surface area contributed by atoms with Gasteiger partial charge in [-0.15, -0.1) is 0 Å². The molecule has 0 bridgehead atoms. The fourth-order valence-corrected chi connectivity index (χ4v) is 4.25. The third-order valence-electron chi connectivity index (χ3n) is 4.40. The van der Waals surface area contributed by atoms with Gasteiger partial charge in [-0.25, -0.2) is 4.98 Å². The normalized spacial score (nSPS) is 11.9. The molecule has 0 saturated heterocycles. The third kappa shape index (κ3) is 3.01. The van der Waals surface area contributed by atoms with Crippen LogP contribution in [0, 0.1) is 0 Å². The number of phenols is 1. The average Bonchev–Trinajstić information content (AvgIpc) is 3.17. The van der Waals surface area contributed by atoms with Gasteiger partial charge in [0.15, 0.2) is 16.5 Å².